The summed E-state index contributed by atoms with van der Waals surface area (Å²) in [4.78, 5) is 26.3. The summed E-state index contributed by atoms with van der Waals surface area (Å²) in [5.74, 6) is -0.514. The number of hydrogen-bond acceptors (Lipinski definition) is 2. The van der Waals surface area contributed by atoms with Gasteiger partial charge in [-0.3, -0.25) is 9.69 Å². The lowest BCUT2D eigenvalue weighted by atomic mass is 9.73. The van der Waals surface area contributed by atoms with Gasteiger partial charge in [0.05, 0.1) is 6.54 Å². The molecule has 1 N–H and O–H groups in total. The van der Waals surface area contributed by atoms with E-state index < -0.39 is 11.4 Å². The number of carbonyl (C=O) groups excluding carboxylic acids is 2. The highest BCUT2D eigenvalue weighted by Crippen LogP contribution is 2.38. The van der Waals surface area contributed by atoms with Crippen LogP contribution < -0.4 is 5.32 Å². The SMILES string of the molecule is C[C@@H]1CCCC[C@@]12NC(=O)N(Cc1ccc(F)cc1Cl)C2=O. The van der Waals surface area contributed by atoms with E-state index in [1.165, 1.54) is 23.1 Å². The van der Waals surface area contributed by atoms with Gasteiger partial charge < -0.3 is 5.32 Å². The van der Waals surface area contributed by atoms with E-state index in [1.54, 1.807) is 0 Å². The number of nitrogens with one attached hydrogen (secondary N) is 1. The van der Waals surface area contributed by atoms with Gasteiger partial charge in [-0.15, -0.1) is 0 Å². The summed E-state index contributed by atoms with van der Waals surface area (Å²) in [5, 5.41) is 3.11. The zero-order valence-corrected chi connectivity index (χ0v) is 13.1. The van der Waals surface area contributed by atoms with Crippen molar-refractivity contribution >= 4 is 23.5 Å². The molecule has 0 bridgehead atoms. The van der Waals surface area contributed by atoms with Gasteiger partial charge in [0.2, 0.25) is 0 Å². The minimum absolute atomic E-state index is 0.0677. The van der Waals surface area contributed by atoms with Crippen LogP contribution in [0.15, 0.2) is 18.2 Å². The van der Waals surface area contributed by atoms with Crippen LogP contribution in [0.1, 0.15) is 38.2 Å². The zero-order valence-electron chi connectivity index (χ0n) is 12.4. The molecular weight excluding hydrogens is 307 g/mol. The van der Waals surface area contributed by atoms with Crippen LogP contribution in [0.2, 0.25) is 5.02 Å². The Hall–Kier alpha value is -1.62. The summed E-state index contributed by atoms with van der Waals surface area (Å²) in [6, 6.07) is 3.58. The molecule has 2 atom stereocenters. The first-order valence-corrected chi connectivity index (χ1v) is 7.90. The Bertz CT molecular complexity index is 637. The summed E-state index contributed by atoms with van der Waals surface area (Å²) in [5.41, 5.74) is -0.214. The second kappa shape index (κ2) is 5.54. The monoisotopic (exact) mass is 324 g/mol. The predicted molar refractivity (Wildman–Crippen MR) is 80.9 cm³/mol. The molecule has 1 saturated carbocycles. The lowest BCUT2D eigenvalue weighted by Gasteiger charge is -2.36. The van der Waals surface area contributed by atoms with E-state index in [0.717, 1.165) is 19.3 Å². The number of urea groups is 1. The van der Waals surface area contributed by atoms with Gasteiger partial charge in [-0.05, 0) is 36.5 Å². The van der Waals surface area contributed by atoms with Gasteiger partial charge in [-0.2, -0.15) is 0 Å². The van der Waals surface area contributed by atoms with Crippen LogP contribution >= 0.6 is 11.6 Å². The van der Waals surface area contributed by atoms with Crippen LogP contribution in [0, 0.1) is 11.7 Å². The van der Waals surface area contributed by atoms with Crippen LogP contribution in [0.25, 0.3) is 0 Å². The zero-order chi connectivity index (χ0) is 15.9. The molecule has 1 spiro atoms. The average Bonchev–Trinajstić information content (AvgIpc) is 2.70. The number of imide groups is 1. The highest BCUT2D eigenvalue weighted by Gasteiger charge is 2.54. The molecule has 2 aliphatic rings. The third kappa shape index (κ3) is 2.37. The molecule has 0 radical (unpaired) electrons. The number of halogens is 2. The molecule has 2 fully saturated rings. The van der Waals surface area contributed by atoms with E-state index in [1.807, 2.05) is 6.92 Å². The van der Waals surface area contributed by atoms with Crippen molar-refractivity contribution in [3.05, 3.63) is 34.6 Å². The molecule has 1 aliphatic heterocycles. The number of amides is 3. The Kier molecular flexibility index (Phi) is 3.85. The number of benzene rings is 1. The summed E-state index contributed by atoms with van der Waals surface area (Å²) < 4.78 is 13.1. The van der Waals surface area contributed by atoms with Crippen molar-refractivity contribution in [1.82, 2.24) is 10.2 Å². The molecule has 0 aromatic heterocycles. The number of carbonyl (C=O) groups is 2. The fourth-order valence-corrected chi connectivity index (χ4v) is 3.69. The molecule has 118 valence electrons. The molecule has 3 amide bonds. The third-order valence-electron chi connectivity index (χ3n) is 4.85. The molecule has 1 saturated heterocycles. The summed E-state index contributed by atoms with van der Waals surface area (Å²) >= 11 is 6.00. The number of rotatable bonds is 2. The maximum absolute atomic E-state index is 13.1. The molecule has 3 rings (SSSR count). The van der Waals surface area contributed by atoms with E-state index in [2.05, 4.69) is 5.32 Å². The van der Waals surface area contributed by atoms with Crippen molar-refractivity contribution in [3.63, 3.8) is 0 Å². The molecule has 4 nitrogen and oxygen atoms in total. The quantitative estimate of drug-likeness (QED) is 0.847. The summed E-state index contributed by atoms with van der Waals surface area (Å²) in [7, 11) is 0. The number of nitrogens with zero attached hydrogens (tertiary/aromatic N) is 1. The van der Waals surface area contributed by atoms with Crippen molar-refractivity contribution < 1.29 is 14.0 Å². The average molecular weight is 325 g/mol. The summed E-state index contributed by atoms with van der Waals surface area (Å²) in [6.07, 6.45) is 3.61. The fourth-order valence-electron chi connectivity index (χ4n) is 3.46. The van der Waals surface area contributed by atoms with E-state index in [0.29, 0.717) is 12.0 Å². The third-order valence-corrected chi connectivity index (χ3v) is 5.20. The fraction of sp³-hybridized carbons (Fsp3) is 0.500. The molecule has 1 aromatic carbocycles. The first-order chi connectivity index (χ1) is 10.4. The van der Waals surface area contributed by atoms with E-state index >= 15 is 0 Å². The summed E-state index contributed by atoms with van der Waals surface area (Å²) in [6.45, 7) is 2.07. The first-order valence-electron chi connectivity index (χ1n) is 7.52. The van der Waals surface area contributed by atoms with Crippen molar-refractivity contribution in [2.24, 2.45) is 5.92 Å². The molecule has 0 unspecified atom stereocenters. The van der Waals surface area contributed by atoms with Gasteiger partial charge in [0, 0.05) is 5.02 Å². The van der Waals surface area contributed by atoms with Crippen LogP contribution in [0.4, 0.5) is 9.18 Å². The van der Waals surface area contributed by atoms with Gasteiger partial charge in [-0.1, -0.05) is 37.4 Å². The normalized spacial score (nSPS) is 28.3. The van der Waals surface area contributed by atoms with Gasteiger partial charge in [0.25, 0.3) is 5.91 Å². The molecule has 1 aliphatic carbocycles. The van der Waals surface area contributed by atoms with Crippen LogP contribution in [-0.4, -0.2) is 22.4 Å². The van der Waals surface area contributed by atoms with Crippen LogP contribution in [-0.2, 0) is 11.3 Å². The molecule has 6 heteroatoms. The highest BCUT2D eigenvalue weighted by atomic mass is 35.5. The standard InChI is InChI=1S/C16H18ClFN2O2/c1-10-4-2-3-7-16(10)14(21)20(15(22)19-16)9-11-5-6-12(18)8-13(11)17/h5-6,8,10H,2-4,7,9H2,1H3,(H,19,22)/t10-,16-/m1/s1. The number of hydrogen-bond donors (Lipinski definition) is 1. The maximum atomic E-state index is 13.1. The van der Waals surface area contributed by atoms with Gasteiger partial charge in [0.15, 0.2) is 0 Å². The van der Waals surface area contributed by atoms with E-state index in [-0.39, 0.29) is 29.4 Å². The Labute approximate surface area is 133 Å². The Morgan fingerprint density at radius 1 is 1.41 bits per heavy atom. The van der Waals surface area contributed by atoms with Crippen LogP contribution in [0.5, 0.6) is 0 Å². The lowest BCUT2D eigenvalue weighted by molar-refractivity contribution is -0.134. The van der Waals surface area contributed by atoms with Crippen molar-refractivity contribution in [1.29, 1.82) is 0 Å². The second-order valence-corrected chi connectivity index (χ2v) is 6.58. The molecular formula is C16H18ClFN2O2. The topological polar surface area (TPSA) is 49.4 Å². The smallest absolute Gasteiger partial charge is 0.323 e. The van der Waals surface area contributed by atoms with Crippen molar-refractivity contribution in [3.8, 4) is 0 Å². The van der Waals surface area contributed by atoms with Gasteiger partial charge in [-0.25, -0.2) is 9.18 Å². The highest BCUT2D eigenvalue weighted by molar-refractivity contribution is 6.31. The Morgan fingerprint density at radius 3 is 2.86 bits per heavy atom. The molecule has 1 heterocycles. The first kappa shape index (κ1) is 15.3. The van der Waals surface area contributed by atoms with Gasteiger partial charge >= 0.3 is 6.03 Å². The van der Waals surface area contributed by atoms with Crippen molar-refractivity contribution in [2.75, 3.05) is 0 Å². The second-order valence-electron chi connectivity index (χ2n) is 6.18. The minimum atomic E-state index is -0.776. The van der Waals surface area contributed by atoms with Crippen molar-refractivity contribution in [2.45, 2.75) is 44.7 Å². The Morgan fingerprint density at radius 2 is 2.18 bits per heavy atom. The minimum Gasteiger partial charge on any atom is -0.323 e. The van der Waals surface area contributed by atoms with Crippen LogP contribution in [0.3, 0.4) is 0 Å². The molecule has 22 heavy (non-hydrogen) atoms. The lowest BCUT2D eigenvalue weighted by Crippen LogP contribution is -2.53. The Balaban J connectivity index is 1.86. The van der Waals surface area contributed by atoms with E-state index in [4.69, 9.17) is 11.6 Å². The molecule has 1 aromatic rings. The van der Waals surface area contributed by atoms with E-state index in [9.17, 15) is 14.0 Å². The van der Waals surface area contributed by atoms with Gasteiger partial charge in [0.1, 0.15) is 11.4 Å². The largest absolute Gasteiger partial charge is 0.325 e. The maximum Gasteiger partial charge on any atom is 0.325 e. The predicted octanol–water partition coefficient (Wildman–Crippen LogP) is 3.48.